The van der Waals surface area contributed by atoms with Crippen LogP contribution in [0.3, 0.4) is 0 Å². The molecule has 1 saturated heterocycles. The van der Waals surface area contributed by atoms with E-state index in [0.717, 1.165) is 5.56 Å². The van der Waals surface area contributed by atoms with Gasteiger partial charge in [-0.3, -0.25) is 9.59 Å². The Bertz CT molecular complexity index is 1230. The number of anilines is 1. The molecule has 192 valence electrons. The number of aliphatic hydroxyl groups excluding tert-OH is 1. The van der Waals surface area contributed by atoms with Gasteiger partial charge in [-0.25, -0.2) is 9.50 Å². The van der Waals surface area contributed by atoms with Crippen molar-refractivity contribution in [3.8, 4) is 0 Å². The molecule has 1 aliphatic heterocycles. The number of nitrogen functional groups attached to an aromatic ring is 1. The standard InChI is InChI=1S/C25H31N5O6/c1-14(2)20(26)24(33)35-21-17(12-34-19(31)11-15-7-5-4-6-8-15)36-25(3,22(21)32)18-10-9-16-23(27)28-13-29-30(16)18/h4-10,13-14,17,20-22,32H,11-12,26H2,1-3H3,(H2,27,28,29)/t17-,20+,21-,22-,25+/m1/s1. The molecule has 1 aliphatic rings. The van der Waals surface area contributed by atoms with E-state index in [9.17, 15) is 14.7 Å². The molecule has 0 unspecified atom stereocenters. The number of carbonyl (C=O) groups excluding carboxylic acids is 2. The summed E-state index contributed by atoms with van der Waals surface area (Å²) in [6, 6.07) is 11.7. The van der Waals surface area contributed by atoms with Gasteiger partial charge < -0.3 is 30.8 Å². The second-order valence-electron chi connectivity index (χ2n) is 9.39. The normalized spacial score (nSPS) is 24.7. The number of aromatic nitrogens is 3. The number of ether oxygens (including phenoxy) is 3. The maximum Gasteiger partial charge on any atom is 0.323 e. The van der Waals surface area contributed by atoms with Gasteiger partial charge in [0.2, 0.25) is 0 Å². The van der Waals surface area contributed by atoms with Crippen LogP contribution in [0, 0.1) is 5.92 Å². The lowest BCUT2D eigenvalue weighted by Crippen LogP contribution is -2.46. The average Bonchev–Trinajstić information content (AvgIpc) is 3.39. The molecule has 3 aromatic rings. The van der Waals surface area contributed by atoms with Crippen molar-refractivity contribution in [3.63, 3.8) is 0 Å². The molecular formula is C25H31N5O6. The summed E-state index contributed by atoms with van der Waals surface area (Å²) < 4.78 is 18.9. The fourth-order valence-electron chi connectivity index (χ4n) is 4.25. The van der Waals surface area contributed by atoms with Crippen LogP contribution in [0.25, 0.3) is 5.52 Å². The first-order chi connectivity index (χ1) is 17.1. The van der Waals surface area contributed by atoms with E-state index in [2.05, 4.69) is 10.1 Å². The van der Waals surface area contributed by atoms with Gasteiger partial charge in [0, 0.05) is 0 Å². The lowest BCUT2D eigenvalue weighted by atomic mass is 9.93. The molecule has 0 spiro atoms. The summed E-state index contributed by atoms with van der Waals surface area (Å²) in [6.07, 6.45) is -2.08. The van der Waals surface area contributed by atoms with Gasteiger partial charge in [0.05, 0.1) is 12.1 Å². The smallest absolute Gasteiger partial charge is 0.323 e. The number of hydrogen-bond donors (Lipinski definition) is 3. The highest BCUT2D eigenvalue weighted by Crippen LogP contribution is 2.42. The molecular weight excluding hydrogens is 466 g/mol. The Morgan fingerprint density at radius 2 is 1.94 bits per heavy atom. The summed E-state index contributed by atoms with van der Waals surface area (Å²) >= 11 is 0. The lowest BCUT2D eigenvalue weighted by Gasteiger charge is -2.28. The SMILES string of the molecule is CC(C)[C@H](N)C(=O)O[C@H]1[C@@H](O)[C@](C)(c2ccc3c(N)ncnn23)O[C@@H]1COC(=O)Cc1ccccc1. The van der Waals surface area contributed by atoms with E-state index in [1.54, 1.807) is 32.9 Å². The molecule has 2 aromatic heterocycles. The topological polar surface area (TPSA) is 164 Å². The van der Waals surface area contributed by atoms with Crippen LogP contribution in [0.2, 0.25) is 0 Å². The number of nitrogens with zero attached hydrogens (tertiary/aromatic N) is 3. The van der Waals surface area contributed by atoms with Crippen molar-refractivity contribution in [1.29, 1.82) is 0 Å². The monoisotopic (exact) mass is 497 g/mol. The number of esters is 2. The molecule has 0 bridgehead atoms. The number of benzene rings is 1. The minimum absolute atomic E-state index is 0.0651. The zero-order chi connectivity index (χ0) is 26.0. The van der Waals surface area contributed by atoms with Gasteiger partial charge in [0.25, 0.3) is 0 Å². The first-order valence-corrected chi connectivity index (χ1v) is 11.7. The summed E-state index contributed by atoms with van der Waals surface area (Å²) in [5, 5.41) is 15.6. The van der Waals surface area contributed by atoms with Gasteiger partial charge in [0.1, 0.15) is 42.3 Å². The molecule has 0 aliphatic carbocycles. The number of aliphatic hydroxyl groups is 1. The summed E-state index contributed by atoms with van der Waals surface area (Å²) in [5.41, 5.74) is 12.3. The Morgan fingerprint density at radius 1 is 1.22 bits per heavy atom. The molecule has 11 nitrogen and oxygen atoms in total. The maximum absolute atomic E-state index is 12.7. The summed E-state index contributed by atoms with van der Waals surface area (Å²) in [6.45, 7) is 4.98. The zero-order valence-electron chi connectivity index (χ0n) is 20.4. The van der Waals surface area contributed by atoms with Gasteiger partial charge in [-0.1, -0.05) is 44.2 Å². The van der Waals surface area contributed by atoms with E-state index in [4.69, 9.17) is 25.7 Å². The Kier molecular flexibility index (Phi) is 7.25. The largest absolute Gasteiger partial charge is 0.463 e. The predicted molar refractivity (Wildman–Crippen MR) is 129 cm³/mol. The van der Waals surface area contributed by atoms with Gasteiger partial charge in [-0.15, -0.1) is 0 Å². The van der Waals surface area contributed by atoms with E-state index in [1.165, 1.54) is 10.8 Å². The molecule has 1 fully saturated rings. The number of carbonyl (C=O) groups is 2. The van der Waals surface area contributed by atoms with Crippen LogP contribution in [-0.4, -0.2) is 62.6 Å². The van der Waals surface area contributed by atoms with Crippen molar-refractivity contribution < 1.29 is 28.9 Å². The highest BCUT2D eigenvalue weighted by Gasteiger charge is 2.56. The van der Waals surface area contributed by atoms with Gasteiger partial charge >= 0.3 is 11.9 Å². The van der Waals surface area contributed by atoms with Crippen LogP contribution in [-0.2, 0) is 35.8 Å². The molecule has 5 atom stereocenters. The van der Waals surface area contributed by atoms with E-state index in [1.807, 2.05) is 30.3 Å². The minimum atomic E-state index is -1.38. The molecule has 11 heteroatoms. The van der Waals surface area contributed by atoms with Crippen molar-refractivity contribution >= 4 is 23.3 Å². The van der Waals surface area contributed by atoms with E-state index in [0.29, 0.717) is 11.2 Å². The number of hydrogen-bond acceptors (Lipinski definition) is 10. The molecule has 0 radical (unpaired) electrons. The molecule has 3 heterocycles. The zero-order valence-corrected chi connectivity index (χ0v) is 20.4. The van der Waals surface area contributed by atoms with Crippen molar-refractivity contribution in [1.82, 2.24) is 14.6 Å². The van der Waals surface area contributed by atoms with E-state index in [-0.39, 0.29) is 24.8 Å². The van der Waals surface area contributed by atoms with E-state index < -0.39 is 41.9 Å². The third-order valence-corrected chi connectivity index (χ3v) is 6.47. The molecule has 5 N–H and O–H groups in total. The minimum Gasteiger partial charge on any atom is -0.463 e. The number of fused-ring (bicyclic) bond motifs is 1. The fourth-order valence-corrected chi connectivity index (χ4v) is 4.25. The van der Waals surface area contributed by atoms with Crippen LogP contribution in [0.15, 0.2) is 48.8 Å². The summed E-state index contributed by atoms with van der Waals surface area (Å²) in [5.74, 6) is -1.09. The number of rotatable bonds is 8. The van der Waals surface area contributed by atoms with E-state index >= 15 is 0 Å². The van der Waals surface area contributed by atoms with Crippen molar-refractivity contribution in [2.75, 3.05) is 12.3 Å². The van der Waals surface area contributed by atoms with Crippen LogP contribution < -0.4 is 11.5 Å². The second kappa shape index (κ2) is 10.2. The molecule has 36 heavy (non-hydrogen) atoms. The molecule has 4 rings (SSSR count). The first kappa shape index (κ1) is 25.5. The number of nitrogens with two attached hydrogens (primary N) is 2. The second-order valence-corrected chi connectivity index (χ2v) is 9.39. The van der Waals surface area contributed by atoms with Crippen molar-refractivity contribution in [2.24, 2.45) is 11.7 Å². The quantitative estimate of drug-likeness (QED) is 0.382. The first-order valence-electron chi connectivity index (χ1n) is 11.7. The lowest BCUT2D eigenvalue weighted by molar-refractivity contribution is -0.162. The Labute approximate surface area is 208 Å². The maximum atomic E-state index is 12.7. The molecule has 1 aromatic carbocycles. The van der Waals surface area contributed by atoms with Gasteiger partial charge in [0.15, 0.2) is 11.9 Å². The Hall–Kier alpha value is -3.54. The predicted octanol–water partition coefficient (Wildman–Crippen LogP) is 0.967. The Balaban J connectivity index is 1.59. The average molecular weight is 498 g/mol. The van der Waals surface area contributed by atoms with Crippen LogP contribution in [0.1, 0.15) is 32.0 Å². The fraction of sp³-hybridized carbons (Fsp3) is 0.440. The highest BCUT2D eigenvalue weighted by molar-refractivity contribution is 5.76. The summed E-state index contributed by atoms with van der Waals surface area (Å²) in [7, 11) is 0. The highest BCUT2D eigenvalue weighted by atomic mass is 16.6. The van der Waals surface area contributed by atoms with Crippen LogP contribution >= 0.6 is 0 Å². The van der Waals surface area contributed by atoms with Crippen molar-refractivity contribution in [3.05, 3.63) is 60.0 Å². The summed E-state index contributed by atoms with van der Waals surface area (Å²) in [4.78, 5) is 29.2. The third kappa shape index (κ3) is 4.90. The van der Waals surface area contributed by atoms with Crippen LogP contribution in [0.4, 0.5) is 5.82 Å². The van der Waals surface area contributed by atoms with Gasteiger partial charge in [-0.2, -0.15) is 5.10 Å². The van der Waals surface area contributed by atoms with Crippen molar-refractivity contribution in [2.45, 2.75) is 57.1 Å². The third-order valence-electron chi connectivity index (χ3n) is 6.47. The van der Waals surface area contributed by atoms with Gasteiger partial charge in [-0.05, 0) is 30.5 Å². The van der Waals surface area contributed by atoms with Crippen LogP contribution in [0.5, 0.6) is 0 Å². The Morgan fingerprint density at radius 3 is 2.64 bits per heavy atom. The molecule has 0 saturated carbocycles. The molecule has 0 amide bonds.